The largest absolute Gasteiger partial charge is 0.378 e. The summed E-state index contributed by atoms with van der Waals surface area (Å²) in [7, 11) is 2.09. The minimum atomic E-state index is 0.176. The van der Waals surface area contributed by atoms with Gasteiger partial charge in [0.15, 0.2) is 5.82 Å². The first-order valence-corrected chi connectivity index (χ1v) is 8.83. The minimum absolute atomic E-state index is 0.176. The van der Waals surface area contributed by atoms with Gasteiger partial charge in [-0.05, 0) is 32.3 Å². The molecule has 0 aromatic carbocycles. The van der Waals surface area contributed by atoms with Gasteiger partial charge in [-0.25, -0.2) is 9.67 Å². The molecule has 0 aliphatic heterocycles. The molecule has 1 fully saturated rings. The molecule has 0 saturated heterocycles. The lowest BCUT2D eigenvalue weighted by Gasteiger charge is -2.58. The van der Waals surface area contributed by atoms with Crippen molar-refractivity contribution in [1.82, 2.24) is 19.7 Å². The van der Waals surface area contributed by atoms with Crippen LogP contribution in [-0.4, -0.2) is 45.5 Å². The molecule has 2 heterocycles. The summed E-state index contributed by atoms with van der Waals surface area (Å²) in [5, 5.41) is 4.25. The van der Waals surface area contributed by atoms with Gasteiger partial charge in [-0.2, -0.15) is 10.1 Å². The molecular formula is C18H27N5O. The van der Waals surface area contributed by atoms with Crippen LogP contribution in [0.4, 0.5) is 5.95 Å². The van der Waals surface area contributed by atoms with Gasteiger partial charge in [0.05, 0.1) is 6.10 Å². The zero-order valence-electron chi connectivity index (χ0n) is 15.0. The van der Waals surface area contributed by atoms with E-state index in [0.29, 0.717) is 12.1 Å². The first-order chi connectivity index (χ1) is 11.7. The molecule has 6 nitrogen and oxygen atoms in total. The predicted octanol–water partition coefficient (Wildman–Crippen LogP) is 3.08. The minimum Gasteiger partial charge on any atom is -0.378 e. The highest BCUT2D eigenvalue weighted by Crippen LogP contribution is 2.51. The summed E-state index contributed by atoms with van der Waals surface area (Å²) in [6.07, 6.45) is 9.01. The fourth-order valence-corrected chi connectivity index (χ4v) is 4.06. The SMILES string of the molecule is CCOC1CC(N(C)c2nccc(-n3cccn3)n2)C1(CC)CC. The third kappa shape index (κ3) is 2.69. The maximum Gasteiger partial charge on any atom is 0.227 e. The van der Waals surface area contributed by atoms with E-state index in [0.717, 1.165) is 37.6 Å². The highest BCUT2D eigenvalue weighted by Gasteiger charge is 2.55. The standard InChI is InChI=1S/C18H27N5O/c1-5-18(6-2)14(13-15(18)24-7-3)22(4)17-19-11-9-16(21-17)23-12-8-10-20-23/h8-12,14-15H,5-7,13H2,1-4H3. The molecule has 130 valence electrons. The summed E-state index contributed by atoms with van der Waals surface area (Å²) in [6, 6.07) is 4.17. The summed E-state index contributed by atoms with van der Waals surface area (Å²) in [5.74, 6) is 1.53. The van der Waals surface area contributed by atoms with Crippen molar-refractivity contribution in [2.45, 2.75) is 52.2 Å². The van der Waals surface area contributed by atoms with Crippen molar-refractivity contribution in [3.8, 4) is 5.82 Å². The third-order valence-electron chi connectivity index (χ3n) is 5.58. The van der Waals surface area contributed by atoms with Crippen LogP contribution in [0, 0.1) is 5.41 Å². The summed E-state index contributed by atoms with van der Waals surface area (Å²) in [4.78, 5) is 11.4. The summed E-state index contributed by atoms with van der Waals surface area (Å²) in [6.45, 7) is 7.37. The van der Waals surface area contributed by atoms with Crippen LogP contribution in [0.15, 0.2) is 30.7 Å². The average Bonchev–Trinajstić information content (AvgIpc) is 3.14. The predicted molar refractivity (Wildman–Crippen MR) is 94.4 cm³/mol. The van der Waals surface area contributed by atoms with Crippen LogP contribution in [0.5, 0.6) is 0 Å². The Kier molecular flexibility index (Phi) is 4.85. The van der Waals surface area contributed by atoms with Crippen molar-refractivity contribution in [3.63, 3.8) is 0 Å². The van der Waals surface area contributed by atoms with Crippen molar-refractivity contribution < 1.29 is 4.74 Å². The van der Waals surface area contributed by atoms with Gasteiger partial charge in [-0.15, -0.1) is 0 Å². The first-order valence-electron chi connectivity index (χ1n) is 8.83. The first kappa shape index (κ1) is 16.9. The van der Waals surface area contributed by atoms with Gasteiger partial charge < -0.3 is 9.64 Å². The van der Waals surface area contributed by atoms with Gasteiger partial charge in [0.25, 0.3) is 0 Å². The molecule has 0 amide bonds. The molecule has 1 aliphatic carbocycles. The maximum absolute atomic E-state index is 5.99. The normalized spacial score (nSPS) is 22.2. The van der Waals surface area contributed by atoms with E-state index in [1.54, 1.807) is 17.1 Å². The van der Waals surface area contributed by atoms with Gasteiger partial charge in [-0.1, -0.05) is 13.8 Å². The van der Waals surface area contributed by atoms with E-state index in [2.05, 4.69) is 42.8 Å². The van der Waals surface area contributed by atoms with E-state index in [4.69, 9.17) is 9.72 Å². The number of nitrogens with zero attached hydrogens (tertiary/aromatic N) is 5. The van der Waals surface area contributed by atoms with Gasteiger partial charge >= 0.3 is 0 Å². The number of hydrogen-bond acceptors (Lipinski definition) is 5. The molecule has 3 rings (SSSR count). The van der Waals surface area contributed by atoms with Gasteiger partial charge in [0.2, 0.25) is 5.95 Å². The van der Waals surface area contributed by atoms with Crippen LogP contribution in [0.2, 0.25) is 0 Å². The smallest absolute Gasteiger partial charge is 0.227 e. The highest BCUT2D eigenvalue weighted by molar-refractivity contribution is 5.38. The lowest BCUT2D eigenvalue weighted by Crippen LogP contribution is -2.64. The zero-order valence-corrected chi connectivity index (χ0v) is 15.0. The van der Waals surface area contributed by atoms with Crippen molar-refractivity contribution >= 4 is 5.95 Å². The Hall–Kier alpha value is -1.95. The van der Waals surface area contributed by atoms with Crippen LogP contribution >= 0.6 is 0 Å². The monoisotopic (exact) mass is 329 g/mol. The fourth-order valence-electron chi connectivity index (χ4n) is 4.06. The highest BCUT2D eigenvalue weighted by atomic mass is 16.5. The molecule has 0 N–H and O–H groups in total. The number of ether oxygens (including phenoxy) is 1. The molecule has 2 atom stereocenters. The number of rotatable bonds is 7. The van der Waals surface area contributed by atoms with Crippen molar-refractivity contribution in [1.29, 1.82) is 0 Å². The van der Waals surface area contributed by atoms with E-state index < -0.39 is 0 Å². The Morgan fingerprint density at radius 2 is 2.08 bits per heavy atom. The second-order valence-corrected chi connectivity index (χ2v) is 6.41. The lowest BCUT2D eigenvalue weighted by atomic mass is 9.58. The van der Waals surface area contributed by atoms with Crippen molar-refractivity contribution in [2.75, 3.05) is 18.6 Å². The number of aromatic nitrogens is 4. The molecule has 1 aliphatic rings. The summed E-state index contributed by atoms with van der Waals surface area (Å²) >= 11 is 0. The van der Waals surface area contributed by atoms with E-state index in [1.165, 1.54) is 0 Å². The maximum atomic E-state index is 5.99. The summed E-state index contributed by atoms with van der Waals surface area (Å²) in [5.41, 5.74) is 0.176. The van der Waals surface area contributed by atoms with Gasteiger partial charge in [0, 0.05) is 49.8 Å². The van der Waals surface area contributed by atoms with E-state index >= 15 is 0 Å². The van der Waals surface area contributed by atoms with Crippen LogP contribution in [-0.2, 0) is 4.74 Å². The Morgan fingerprint density at radius 1 is 1.29 bits per heavy atom. The molecular weight excluding hydrogens is 302 g/mol. The molecule has 2 unspecified atom stereocenters. The Bertz CT molecular complexity index is 653. The molecule has 0 spiro atoms. The van der Waals surface area contributed by atoms with E-state index in [-0.39, 0.29) is 5.41 Å². The Morgan fingerprint density at radius 3 is 2.71 bits per heavy atom. The number of hydrogen-bond donors (Lipinski definition) is 0. The van der Waals surface area contributed by atoms with Crippen LogP contribution < -0.4 is 4.90 Å². The van der Waals surface area contributed by atoms with Crippen LogP contribution in [0.3, 0.4) is 0 Å². The number of anilines is 1. The molecule has 24 heavy (non-hydrogen) atoms. The van der Waals surface area contributed by atoms with E-state index in [1.807, 2.05) is 18.3 Å². The molecule has 0 bridgehead atoms. The quantitative estimate of drug-likeness (QED) is 0.781. The summed E-state index contributed by atoms with van der Waals surface area (Å²) < 4.78 is 7.75. The molecule has 1 saturated carbocycles. The third-order valence-corrected chi connectivity index (χ3v) is 5.58. The Balaban J connectivity index is 1.84. The second kappa shape index (κ2) is 6.89. The lowest BCUT2D eigenvalue weighted by molar-refractivity contribution is -0.128. The van der Waals surface area contributed by atoms with Gasteiger partial charge in [0.1, 0.15) is 0 Å². The van der Waals surface area contributed by atoms with Crippen LogP contribution in [0.25, 0.3) is 5.82 Å². The zero-order chi connectivity index (χ0) is 17.2. The fraction of sp³-hybridized carbons (Fsp3) is 0.611. The van der Waals surface area contributed by atoms with E-state index in [9.17, 15) is 0 Å². The molecule has 2 aromatic heterocycles. The Labute approximate surface area is 143 Å². The molecule has 2 aromatic rings. The molecule has 0 radical (unpaired) electrons. The van der Waals surface area contributed by atoms with Crippen LogP contribution in [0.1, 0.15) is 40.0 Å². The van der Waals surface area contributed by atoms with Crippen molar-refractivity contribution in [2.24, 2.45) is 5.41 Å². The topological polar surface area (TPSA) is 56.1 Å². The second-order valence-electron chi connectivity index (χ2n) is 6.41. The molecule has 6 heteroatoms. The van der Waals surface area contributed by atoms with Gasteiger partial charge in [-0.3, -0.25) is 0 Å². The average molecular weight is 329 g/mol. The van der Waals surface area contributed by atoms with Crippen molar-refractivity contribution in [3.05, 3.63) is 30.7 Å².